The van der Waals surface area contributed by atoms with Crippen molar-refractivity contribution in [3.05, 3.63) is 68.6 Å². The van der Waals surface area contributed by atoms with Crippen LogP contribution in [0.1, 0.15) is 44.7 Å². The molecule has 19 heteroatoms. The van der Waals surface area contributed by atoms with Crippen molar-refractivity contribution in [2.75, 3.05) is 0 Å². The first kappa shape index (κ1) is 34.1. The van der Waals surface area contributed by atoms with Crippen LogP contribution >= 0.6 is 16.3 Å². The summed E-state index contributed by atoms with van der Waals surface area (Å²) in [5.41, 5.74) is -2.37. The molecule has 0 saturated heterocycles. The van der Waals surface area contributed by atoms with Crippen molar-refractivity contribution in [1.82, 2.24) is 28.5 Å². The average Bonchev–Trinajstić information content (AvgIpc) is 3.58. The van der Waals surface area contributed by atoms with Gasteiger partial charge in [0.05, 0.1) is 30.3 Å². The molecule has 4 aromatic rings. The van der Waals surface area contributed by atoms with Crippen LogP contribution in [0.3, 0.4) is 0 Å². The van der Waals surface area contributed by atoms with Crippen molar-refractivity contribution in [2.24, 2.45) is 0 Å². The normalized spacial score (nSPS) is 14.0. The van der Waals surface area contributed by atoms with Crippen LogP contribution in [0.25, 0.3) is 22.6 Å². The minimum Gasteiger partial charge on any atom is -0.444 e. The Morgan fingerprint density at radius 1 is 1.13 bits per heavy atom. The van der Waals surface area contributed by atoms with E-state index >= 15 is 0 Å². The summed E-state index contributed by atoms with van der Waals surface area (Å²) in [6.07, 6.45) is -1.62. The van der Waals surface area contributed by atoms with E-state index in [0.717, 1.165) is 16.7 Å². The molecule has 1 aromatic carbocycles. The fraction of sp³-hybridized carbons (Fsp3) is 0.423. The van der Waals surface area contributed by atoms with Crippen molar-refractivity contribution in [2.45, 2.75) is 71.8 Å². The molecule has 45 heavy (non-hydrogen) atoms. The lowest BCUT2D eigenvalue weighted by atomic mass is 10.1. The Morgan fingerprint density at radius 3 is 2.51 bits per heavy atom. The number of halogens is 3. The maximum absolute atomic E-state index is 13.6. The molecule has 0 aliphatic heterocycles. The van der Waals surface area contributed by atoms with E-state index in [1.54, 1.807) is 13.8 Å². The van der Waals surface area contributed by atoms with Gasteiger partial charge in [0, 0.05) is 24.9 Å². The Labute approximate surface area is 254 Å². The summed E-state index contributed by atoms with van der Waals surface area (Å²) in [6, 6.07) is 4.77. The van der Waals surface area contributed by atoms with Crippen LogP contribution in [0.5, 0.6) is 0 Å². The van der Waals surface area contributed by atoms with Crippen LogP contribution in [-0.4, -0.2) is 45.0 Å². The standard InChI is InChI=1S/C26H31F3N6O8P2/c1-4-9-34-24(37)21-23(33(5-2)25(34)38)31-22(35(21)15-42-20(36)10-16(3)44(39)43-45(40)41)18-12-30-32(14-18)13-17-7-6-8-19(11-17)26(27,28)29/h6-8,11-12,14,16,44-45H,4-5,9-10,13,15H2,1-3H3,(H,40,41). The van der Waals surface area contributed by atoms with Crippen LogP contribution in [0, 0.1) is 0 Å². The molecule has 0 aliphatic carbocycles. The molecular formula is C26H31F3N6O8P2. The van der Waals surface area contributed by atoms with Crippen LogP contribution in [0.2, 0.25) is 0 Å². The highest BCUT2D eigenvalue weighted by molar-refractivity contribution is 7.50. The fourth-order valence-corrected chi connectivity index (χ4v) is 6.48. The minimum atomic E-state index is -4.52. The summed E-state index contributed by atoms with van der Waals surface area (Å²) in [4.78, 5) is 52.8. The molecule has 0 bridgehead atoms. The second-order valence-electron chi connectivity index (χ2n) is 10.1. The number of aromatic nitrogens is 6. The Hall–Kier alpha value is -3.78. The molecule has 4 rings (SSSR count). The van der Waals surface area contributed by atoms with Gasteiger partial charge >= 0.3 is 26.1 Å². The van der Waals surface area contributed by atoms with E-state index in [2.05, 4.69) is 14.4 Å². The van der Waals surface area contributed by atoms with Crippen molar-refractivity contribution < 1.29 is 41.0 Å². The Kier molecular flexibility index (Phi) is 10.7. The fourth-order valence-electron chi connectivity index (χ4n) is 4.66. The molecule has 3 heterocycles. The van der Waals surface area contributed by atoms with E-state index in [4.69, 9.17) is 9.63 Å². The predicted octanol–water partition coefficient (Wildman–Crippen LogP) is 3.87. The predicted molar refractivity (Wildman–Crippen MR) is 157 cm³/mol. The second kappa shape index (κ2) is 14.1. The highest BCUT2D eigenvalue weighted by Crippen LogP contribution is 2.40. The zero-order chi connectivity index (χ0) is 33.1. The number of hydrogen-bond acceptors (Lipinski definition) is 9. The van der Waals surface area contributed by atoms with Gasteiger partial charge in [-0.3, -0.25) is 41.4 Å². The summed E-state index contributed by atoms with van der Waals surface area (Å²) in [7, 11) is -6.51. The van der Waals surface area contributed by atoms with Gasteiger partial charge in [-0.05, 0) is 31.0 Å². The third kappa shape index (κ3) is 7.72. The van der Waals surface area contributed by atoms with Crippen LogP contribution in [0.4, 0.5) is 13.2 Å². The van der Waals surface area contributed by atoms with Crippen molar-refractivity contribution in [3.8, 4) is 11.4 Å². The van der Waals surface area contributed by atoms with Gasteiger partial charge in [0.15, 0.2) is 17.9 Å². The lowest BCUT2D eigenvalue weighted by molar-refractivity contribution is -0.147. The van der Waals surface area contributed by atoms with Gasteiger partial charge in [0.1, 0.15) is 5.82 Å². The molecule has 0 amide bonds. The number of alkyl halides is 3. The monoisotopic (exact) mass is 674 g/mol. The maximum atomic E-state index is 13.6. The second-order valence-corrected chi connectivity index (χ2v) is 13.1. The number of ether oxygens (including phenoxy) is 1. The Morgan fingerprint density at radius 2 is 1.87 bits per heavy atom. The SMILES string of the molecule is CCCn1c(=O)c2c(nc(-c3cnn(Cc4cccc(C(F)(F)F)c4)c3)n2COC(=O)CC(C)[PH](=O)O[PH](=O)O)n(CC)c1=O. The summed E-state index contributed by atoms with van der Waals surface area (Å²) >= 11 is 0. The van der Waals surface area contributed by atoms with Gasteiger partial charge in [-0.25, -0.2) is 9.78 Å². The zero-order valence-electron chi connectivity index (χ0n) is 24.4. The number of nitrogens with zero attached hydrogens (tertiary/aromatic N) is 6. The number of hydrogen-bond donors (Lipinski definition) is 1. The largest absolute Gasteiger partial charge is 0.444 e. The molecule has 0 aliphatic rings. The van der Waals surface area contributed by atoms with Crippen molar-refractivity contribution >= 4 is 33.4 Å². The third-order valence-corrected chi connectivity index (χ3v) is 9.30. The smallest absolute Gasteiger partial charge is 0.416 e. The minimum absolute atomic E-state index is 0.0245. The molecule has 0 fully saturated rings. The van der Waals surface area contributed by atoms with Gasteiger partial charge in [0.25, 0.3) is 5.56 Å². The number of imidazole rings is 1. The number of esters is 1. The lowest BCUT2D eigenvalue weighted by Gasteiger charge is -2.13. The molecule has 0 spiro atoms. The molecule has 14 nitrogen and oxygen atoms in total. The number of aryl methyl sites for hydroxylation is 1. The number of rotatable bonds is 13. The summed E-state index contributed by atoms with van der Waals surface area (Å²) in [5, 5.41) is 4.23. The first-order chi connectivity index (χ1) is 21.2. The highest BCUT2D eigenvalue weighted by atomic mass is 31.2. The van der Waals surface area contributed by atoms with E-state index < -0.39 is 64.1 Å². The van der Waals surface area contributed by atoms with E-state index in [-0.39, 0.29) is 36.6 Å². The molecule has 1 N–H and O–H groups in total. The number of carbonyl (C=O) groups is 1. The van der Waals surface area contributed by atoms with Gasteiger partial charge in [-0.2, -0.15) is 18.3 Å². The Balaban J connectivity index is 1.75. The van der Waals surface area contributed by atoms with Crippen LogP contribution < -0.4 is 11.2 Å². The molecular weight excluding hydrogens is 643 g/mol. The first-order valence-corrected chi connectivity index (χ1v) is 16.4. The topological polar surface area (TPSA) is 170 Å². The van der Waals surface area contributed by atoms with Crippen molar-refractivity contribution in [3.63, 3.8) is 0 Å². The van der Waals surface area contributed by atoms with E-state index in [1.165, 1.54) is 45.3 Å². The zero-order valence-corrected chi connectivity index (χ0v) is 26.4. The summed E-state index contributed by atoms with van der Waals surface area (Å²) in [5.74, 6) is -0.766. The van der Waals surface area contributed by atoms with Gasteiger partial charge < -0.3 is 9.63 Å². The molecule has 0 saturated carbocycles. The summed E-state index contributed by atoms with van der Waals surface area (Å²) < 4.78 is 77.4. The van der Waals surface area contributed by atoms with E-state index in [0.29, 0.717) is 17.5 Å². The third-order valence-electron chi connectivity index (χ3n) is 6.79. The van der Waals surface area contributed by atoms with Gasteiger partial charge in [-0.1, -0.05) is 26.0 Å². The summed E-state index contributed by atoms with van der Waals surface area (Å²) in [6.45, 7) is 4.56. The molecule has 3 unspecified atom stereocenters. The highest BCUT2D eigenvalue weighted by Gasteiger charge is 2.30. The quantitative estimate of drug-likeness (QED) is 0.162. The van der Waals surface area contributed by atoms with Crippen LogP contribution in [-0.2, 0) is 55.5 Å². The van der Waals surface area contributed by atoms with E-state index in [9.17, 15) is 36.7 Å². The number of benzene rings is 1. The van der Waals surface area contributed by atoms with E-state index in [1.807, 2.05) is 0 Å². The first-order valence-electron chi connectivity index (χ1n) is 13.8. The molecule has 3 aromatic heterocycles. The average molecular weight is 675 g/mol. The molecule has 0 radical (unpaired) electrons. The molecule has 3 atom stereocenters. The van der Waals surface area contributed by atoms with Crippen LogP contribution in [0.15, 0.2) is 46.2 Å². The Bertz CT molecular complexity index is 1880. The lowest BCUT2D eigenvalue weighted by Crippen LogP contribution is -2.40. The number of fused-ring (bicyclic) bond motifs is 1. The van der Waals surface area contributed by atoms with Gasteiger partial charge in [-0.15, -0.1) is 0 Å². The molecule has 244 valence electrons. The number of carbonyl (C=O) groups excluding carboxylic acids is 1. The maximum Gasteiger partial charge on any atom is 0.416 e. The van der Waals surface area contributed by atoms with Gasteiger partial charge in [0.2, 0.25) is 8.03 Å². The van der Waals surface area contributed by atoms with Crippen molar-refractivity contribution in [1.29, 1.82) is 0 Å².